The van der Waals surface area contributed by atoms with Crippen molar-refractivity contribution in [2.45, 2.75) is 44.2 Å². The summed E-state index contributed by atoms with van der Waals surface area (Å²) in [5, 5.41) is 18.4. The molecule has 0 fully saturated rings. The minimum absolute atomic E-state index is 0.229. The highest BCUT2D eigenvalue weighted by atomic mass is 32.1. The topological polar surface area (TPSA) is 110 Å². The molecular formula is C32H33N3O5S. The quantitative estimate of drug-likeness (QED) is 0.0821. The van der Waals surface area contributed by atoms with Gasteiger partial charge in [0.15, 0.2) is 11.3 Å². The number of ether oxygens (including phenoxy) is 1. The molecule has 4 aromatic rings. The summed E-state index contributed by atoms with van der Waals surface area (Å²) in [6, 6.07) is 30.4. The van der Waals surface area contributed by atoms with E-state index in [-0.39, 0.29) is 6.61 Å². The lowest BCUT2D eigenvalue weighted by atomic mass is 9.77. The summed E-state index contributed by atoms with van der Waals surface area (Å²) in [5.41, 5.74) is 1.99. The van der Waals surface area contributed by atoms with E-state index in [9.17, 15) is 9.59 Å². The van der Waals surface area contributed by atoms with Crippen molar-refractivity contribution in [1.29, 1.82) is 0 Å². The lowest BCUT2D eigenvalue weighted by Crippen LogP contribution is -2.38. The van der Waals surface area contributed by atoms with Crippen LogP contribution in [0, 0.1) is 0 Å². The van der Waals surface area contributed by atoms with Gasteiger partial charge >= 0.3 is 11.9 Å². The minimum Gasteiger partial charge on any atom is -0.477 e. The fraction of sp³-hybridized carbons (Fsp3) is 0.250. The van der Waals surface area contributed by atoms with Crippen molar-refractivity contribution in [2.75, 3.05) is 11.9 Å². The Morgan fingerprint density at radius 2 is 1.46 bits per heavy atom. The van der Waals surface area contributed by atoms with Crippen molar-refractivity contribution in [1.82, 2.24) is 4.98 Å². The largest absolute Gasteiger partial charge is 0.477 e. The molecule has 1 heterocycles. The third-order valence-corrected chi connectivity index (χ3v) is 7.56. The Balaban J connectivity index is 1.76. The van der Waals surface area contributed by atoms with Gasteiger partial charge in [0.1, 0.15) is 23.7 Å². The molecule has 2 N–H and O–H groups in total. The van der Waals surface area contributed by atoms with Crippen LogP contribution in [0.2, 0.25) is 0 Å². The van der Waals surface area contributed by atoms with Gasteiger partial charge in [-0.3, -0.25) is 4.79 Å². The van der Waals surface area contributed by atoms with E-state index < -0.39 is 29.0 Å². The van der Waals surface area contributed by atoms with Crippen molar-refractivity contribution in [3.8, 4) is 0 Å². The van der Waals surface area contributed by atoms with Gasteiger partial charge in [0.05, 0.1) is 5.69 Å². The first-order valence-corrected chi connectivity index (χ1v) is 14.1. The van der Waals surface area contributed by atoms with Gasteiger partial charge in [-0.2, -0.15) is 0 Å². The zero-order chi connectivity index (χ0) is 29.3. The van der Waals surface area contributed by atoms with E-state index in [0.717, 1.165) is 16.7 Å². The number of rotatable bonds is 13. The molecule has 41 heavy (non-hydrogen) atoms. The van der Waals surface area contributed by atoms with Crippen LogP contribution in [0.4, 0.5) is 5.13 Å². The fourth-order valence-corrected chi connectivity index (χ4v) is 5.15. The smallest absolute Gasteiger partial charge is 0.350 e. The van der Waals surface area contributed by atoms with E-state index in [1.807, 2.05) is 75.4 Å². The van der Waals surface area contributed by atoms with Crippen LogP contribution in [-0.2, 0) is 24.7 Å². The van der Waals surface area contributed by atoms with Crippen LogP contribution >= 0.6 is 11.3 Å². The summed E-state index contributed by atoms with van der Waals surface area (Å²) < 4.78 is 5.76. The number of carbonyl (C=O) groups is 2. The number of aromatic nitrogens is 1. The fourth-order valence-electron chi connectivity index (χ4n) is 4.33. The second-order valence-corrected chi connectivity index (χ2v) is 10.9. The highest BCUT2D eigenvalue weighted by molar-refractivity contribution is 7.13. The summed E-state index contributed by atoms with van der Waals surface area (Å²) in [4.78, 5) is 34.1. The van der Waals surface area contributed by atoms with Crippen molar-refractivity contribution >= 4 is 34.6 Å². The predicted octanol–water partition coefficient (Wildman–Crippen LogP) is 6.45. The number of anilines is 1. The molecule has 0 bridgehead atoms. The Kier molecular flexibility index (Phi) is 9.52. The molecule has 3 aromatic carbocycles. The summed E-state index contributed by atoms with van der Waals surface area (Å²) in [7, 11) is 0. The highest BCUT2D eigenvalue weighted by Crippen LogP contribution is 2.41. The van der Waals surface area contributed by atoms with Crippen molar-refractivity contribution in [2.24, 2.45) is 5.16 Å². The molecule has 212 valence electrons. The average Bonchev–Trinajstić information content (AvgIpc) is 3.44. The Morgan fingerprint density at radius 3 is 1.93 bits per heavy atom. The Labute approximate surface area is 243 Å². The highest BCUT2D eigenvalue weighted by Gasteiger charge is 2.38. The van der Waals surface area contributed by atoms with Gasteiger partial charge in [0, 0.05) is 5.38 Å². The number of carbonyl (C=O) groups excluding carboxylic acids is 1. The molecule has 9 heteroatoms. The van der Waals surface area contributed by atoms with E-state index in [4.69, 9.17) is 19.7 Å². The SMILES string of the molecule is CCC(C)(C)OC(=O)C(CO/N=C\C(=O)O)c1csc(NC(c2ccccc2)(c2ccccc2)c2ccccc2)n1. The zero-order valence-corrected chi connectivity index (χ0v) is 24.0. The van der Waals surface area contributed by atoms with Gasteiger partial charge in [0.2, 0.25) is 0 Å². The second-order valence-electron chi connectivity index (χ2n) is 10.0. The van der Waals surface area contributed by atoms with Crippen LogP contribution < -0.4 is 5.32 Å². The van der Waals surface area contributed by atoms with Crippen molar-refractivity contribution < 1.29 is 24.3 Å². The van der Waals surface area contributed by atoms with Crippen LogP contribution in [0.1, 0.15) is 55.5 Å². The van der Waals surface area contributed by atoms with Gasteiger partial charge in [-0.25, -0.2) is 9.78 Å². The summed E-state index contributed by atoms with van der Waals surface area (Å²) in [6.07, 6.45) is 1.24. The third kappa shape index (κ3) is 7.18. The number of oxime groups is 1. The monoisotopic (exact) mass is 571 g/mol. The standard InChI is InChI=1S/C32H33N3O5S/c1-4-31(2,3)40-29(38)26(21-39-33-20-28(36)37)27-22-41-30(34-27)35-32(23-14-8-5-9-15-23,24-16-10-6-11-17-24)25-18-12-7-13-19-25/h5-20,22,26H,4,21H2,1-3H3,(H,34,35)(H,36,37)/b33-20-. The molecule has 4 rings (SSSR count). The van der Waals surface area contributed by atoms with Crippen molar-refractivity contribution in [3.63, 3.8) is 0 Å². The second kappa shape index (κ2) is 13.2. The van der Waals surface area contributed by atoms with Crippen LogP contribution in [0.5, 0.6) is 0 Å². The molecule has 0 aliphatic carbocycles. The summed E-state index contributed by atoms with van der Waals surface area (Å²) >= 11 is 1.36. The first-order chi connectivity index (χ1) is 19.7. The number of carboxylic acid groups (broad SMARTS) is 1. The van der Waals surface area contributed by atoms with E-state index in [2.05, 4.69) is 46.9 Å². The van der Waals surface area contributed by atoms with Crippen LogP contribution in [0.3, 0.4) is 0 Å². The van der Waals surface area contributed by atoms with E-state index in [1.165, 1.54) is 11.3 Å². The Morgan fingerprint density at radius 1 is 0.951 bits per heavy atom. The van der Waals surface area contributed by atoms with Crippen LogP contribution in [0.15, 0.2) is 102 Å². The Bertz CT molecular complexity index is 1360. The molecule has 0 amide bonds. The van der Waals surface area contributed by atoms with Crippen LogP contribution in [0.25, 0.3) is 0 Å². The molecule has 0 radical (unpaired) electrons. The van der Waals surface area contributed by atoms with Gasteiger partial charge in [-0.1, -0.05) is 103 Å². The van der Waals surface area contributed by atoms with E-state index in [0.29, 0.717) is 23.5 Å². The number of aliphatic carboxylic acids is 1. The van der Waals surface area contributed by atoms with E-state index >= 15 is 0 Å². The maximum atomic E-state index is 13.3. The first-order valence-electron chi connectivity index (χ1n) is 13.3. The summed E-state index contributed by atoms with van der Waals surface area (Å²) in [5.74, 6) is -2.70. The van der Waals surface area contributed by atoms with Crippen LogP contribution in [-0.4, -0.2) is 40.5 Å². The first kappa shape index (κ1) is 29.5. The average molecular weight is 572 g/mol. The molecule has 0 aliphatic heterocycles. The number of benzene rings is 3. The third-order valence-electron chi connectivity index (χ3n) is 6.79. The molecule has 0 aliphatic rings. The van der Waals surface area contributed by atoms with Gasteiger partial charge in [0.25, 0.3) is 0 Å². The molecule has 1 unspecified atom stereocenters. The van der Waals surface area contributed by atoms with Gasteiger partial charge in [-0.05, 0) is 37.0 Å². The van der Waals surface area contributed by atoms with Gasteiger partial charge < -0.3 is 20.0 Å². The van der Waals surface area contributed by atoms with Gasteiger partial charge in [-0.15, -0.1) is 11.3 Å². The predicted molar refractivity (Wildman–Crippen MR) is 160 cm³/mol. The number of hydrogen-bond donors (Lipinski definition) is 2. The molecule has 1 aromatic heterocycles. The minimum atomic E-state index is -1.25. The maximum absolute atomic E-state index is 13.3. The molecule has 8 nitrogen and oxygen atoms in total. The maximum Gasteiger partial charge on any atom is 0.350 e. The number of nitrogens with one attached hydrogen (secondary N) is 1. The zero-order valence-electron chi connectivity index (χ0n) is 23.2. The number of esters is 1. The number of carboxylic acids is 1. The lowest BCUT2D eigenvalue weighted by Gasteiger charge is -2.36. The number of hydrogen-bond acceptors (Lipinski definition) is 8. The Hall–Kier alpha value is -4.50. The van der Waals surface area contributed by atoms with Crippen molar-refractivity contribution in [3.05, 3.63) is 119 Å². The number of nitrogens with zero attached hydrogens (tertiary/aromatic N) is 2. The molecule has 1 atom stereocenters. The summed E-state index contributed by atoms with van der Waals surface area (Å²) in [6.45, 7) is 5.35. The van der Waals surface area contributed by atoms with E-state index in [1.54, 1.807) is 5.38 Å². The lowest BCUT2D eigenvalue weighted by molar-refractivity contribution is -0.160. The normalized spacial score (nSPS) is 12.6. The molecule has 0 saturated heterocycles. The molecule has 0 spiro atoms. The number of thiazole rings is 1. The molecule has 0 saturated carbocycles. The molecular weight excluding hydrogens is 538 g/mol.